The molecule has 3 atom stereocenters. The first-order valence-corrected chi connectivity index (χ1v) is 8.25. The van der Waals surface area contributed by atoms with Crippen molar-refractivity contribution in [3.05, 3.63) is 29.8 Å². The number of amides is 1. The van der Waals surface area contributed by atoms with Crippen LogP contribution in [0.1, 0.15) is 45.6 Å². The molecular formula is C18H28N2O2. The van der Waals surface area contributed by atoms with Crippen LogP contribution in [0.15, 0.2) is 24.3 Å². The van der Waals surface area contributed by atoms with Crippen LogP contribution < -0.4 is 5.32 Å². The van der Waals surface area contributed by atoms with Gasteiger partial charge in [0.2, 0.25) is 5.91 Å². The van der Waals surface area contributed by atoms with E-state index in [4.69, 9.17) is 4.74 Å². The zero-order chi connectivity index (χ0) is 16.1. The Kier molecular flexibility index (Phi) is 5.98. The second-order valence-corrected chi connectivity index (χ2v) is 6.43. The van der Waals surface area contributed by atoms with Gasteiger partial charge in [-0.15, -0.1) is 0 Å². The Morgan fingerprint density at radius 2 is 1.86 bits per heavy atom. The number of ether oxygens (including phenoxy) is 1. The molecule has 1 aliphatic heterocycles. The molecule has 0 radical (unpaired) electrons. The number of benzene rings is 1. The zero-order valence-electron chi connectivity index (χ0n) is 14.1. The lowest BCUT2D eigenvalue weighted by Gasteiger charge is -2.34. The largest absolute Gasteiger partial charge is 0.373 e. The third-order valence-electron chi connectivity index (χ3n) is 4.24. The van der Waals surface area contributed by atoms with Crippen LogP contribution in [0.5, 0.6) is 0 Å². The van der Waals surface area contributed by atoms with Gasteiger partial charge in [0.1, 0.15) is 0 Å². The van der Waals surface area contributed by atoms with Crippen molar-refractivity contribution in [2.24, 2.45) is 0 Å². The summed E-state index contributed by atoms with van der Waals surface area (Å²) in [5.41, 5.74) is 2.18. The third kappa shape index (κ3) is 4.82. The molecule has 1 heterocycles. The number of carbonyl (C=O) groups excluding carboxylic acids is 1. The van der Waals surface area contributed by atoms with Gasteiger partial charge in [-0.25, -0.2) is 0 Å². The van der Waals surface area contributed by atoms with E-state index in [0.717, 1.165) is 25.2 Å². The Morgan fingerprint density at radius 3 is 2.41 bits per heavy atom. The first-order valence-electron chi connectivity index (χ1n) is 8.25. The maximum absolute atomic E-state index is 12.2. The molecular weight excluding hydrogens is 276 g/mol. The molecule has 4 nitrogen and oxygen atoms in total. The maximum atomic E-state index is 12.2. The molecule has 1 amide bonds. The highest BCUT2D eigenvalue weighted by Gasteiger charge is 2.23. The molecule has 0 aliphatic carbocycles. The molecule has 2 rings (SSSR count). The summed E-state index contributed by atoms with van der Waals surface area (Å²) in [4.78, 5) is 14.3. The number of carbonyl (C=O) groups is 1. The normalized spacial score (nSPS) is 24.0. The molecule has 0 bridgehead atoms. The SMILES string of the molecule is CC[C@@H](C)c1ccc(NC(=O)CN2C[C@@H](C)O[C@H](C)C2)cc1. The Morgan fingerprint density at radius 1 is 1.27 bits per heavy atom. The van der Waals surface area contributed by atoms with Crippen molar-refractivity contribution in [3.8, 4) is 0 Å². The van der Waals surface area contributed by atoms with E-state index in [1.54, 1.807) is 0 Å². The van der Waals surface area contributed by atoms with Crippen LogP contribution >= 0.6 is 0 Å². The van der Waals surface area contributed by atoms with E-state index in [2.05, 4.69) is 36.2 Å². The Hall–Kier alpha value is -1.39. The van der Waals surface area contributed by atoms with Crippen LogP contribution in [0.4, 0.5) is 5.69 Å². The first-order chi connectivity index (χ1) is 10.5. The summed E-state index contributed by atoms with van der Waals surface area (Å²) in [5, 5.41) is 2.98. The molecule has 0 spiro atoms. The first kappa shape index (κ1) is 17.0. The quantitative estimate of drug-likeness (QED) is 0.908. The zero-order valence-corrected chi connectivity index (χ0v) is 14.1. The molecule has 1 aromatic carbocycles. The van der Waals surface area contributed by atoms with Crippen molar-refractivity contribution in [2.75, 3.05) is 25.0 Å². The van der Waals surface area contributed by atoms with Gasteiger partial charge in [-0.05, 0) is 43.9 Å². The third-order valence-corrected chi connectivity index (χ3v) is 4.24. The lowest BCUT2D eigenvalue weighted by molar-refractivity contribution is -0.121. The molecule has 1 aromatic rings. The van der Waals surface area contributed by atoms with Gasteiger partial charge < -0.3 is 10.1 Å². The van der Waals surface area contributed by atoms with Gasteiger partial charge in [-0.3, -0.25) is 9.69 Å². The molecule has 0 saturated carbocycles. The van der Waals surface area contributed by atoms with Crippen molar-refractivity contribution in [1.29, 1.82) is 0 Å². The predicted molar refractivity (Wildman–Crippen MR) is 90.2 cm³/mol. The fraction of sp³-hybridized carbons (Fsp3) is 0.611. The van der Waals surface area contributed by atoms with Gasteiger partial charge in [-0.2, -0.15) is 0 Å². The van der Waals surface area contributed by atoms with E-state index < -0.39 is 0 Å². The molecule has 1 fully saturated rings. The van der Waals surface area contributed by atoms with Gasteiger partial charge in [0.05, 0.1) is 18.8 Å². The molecule has 0 unspecified atom stereocenters. The Balaban J connectivity index is 1.86. The average Bonchev–Trinajstić information content (AvgIpc) is 2.46. The number of morpholine rings is 1. The van der Waals surface area contributed by atoms with Crippen LogP contribution in [0.2, 0.25) is 0 Å². The highest BCUT2D eigenvalue weighted by molar-refractivity contribution is 5.92. The molecule has 0 aromatic heterocycles. The van der Waals surface area contributed by atoms with Crippen LogP contribution in [0, 0.1) is 0 Å². The fourth-order valence-electron chi connectivity index (χ4n) is 2.95. The molecule has 4 heteroatoms. The minimum absolute atomic E-state index is 0.0394. The van der Waals surface area contributed by atoms with Crippen molar-refractivity contribution >= 4 is 11.6 Å². The van der Waals surface area contributed by atoms with E-state index >= 15 is 0 Å². The summed E-state index contributed by atoms with van der Waals surface area (Å²) in [7, 11) is 0. The summed E-state index contributed by atoms with van der Waals surface area (Å²) in [6.07, 6.45) is 1.50. The fourth-order valence-corrected chi connectivity index (χ4v) is 2.95. The van der Waals surface area contributed by atoms with E-state index in [0.29, 0.717) is 12.5 Å². The van der Waals surface area contributed by atoms with E-state index in [1.165, 1.54) is 5.56 Å². The number of nitrogens with one attached hydrogen (secondary N) is 1. The van der Waals surface area contributed by atoms with Crippen molar-refractivity contribution in [2.45, 2.75) is 52.2 Å². The van der Waals surface area contributed by atoms with Crippen molar-refractivity contribution < 1.29 is 9.53 Å². The van der Waals surface area contributed by atoms with Gasteiger partial charge in [0.25, 0.3) is 0 Å². The highest BCUT2D eigenvalue weighted by atomic mass is 16.5. The van der Waals surface area contributed by atoms with E-state index in [9.17, 15) is 4.79 Å². The molecule has 1 N–H and O–H groups in total. The van der Waals surface area contributed by atoms with Crippen LogP contribution in [-0.4, -0.2) is 42.6 Å². The van der Waals surface area contributed by atoms with Crippen molar-refractivity contribution in [1.82, 2.24) is 4.90 Å². The lowest BCUT2D eigenvalue weighted by atomic mass is 9.99. The van der Waals surface area contributed by atoms with Gasteiger partial charge in [-0.1, -0.05) is 26.0 Å². The smallest absolute Gasteiger partial charge is 0.238 e. The van der Waals surface area contributed by atoms with Crippen LogP contribution in [-0.2, 0) is 9.53 Å². The lowest BCUT2D eigenvalue weighted by Crippen LogP contribution is -2.48. The standard InChI is InChI=1S/C18H28N2O2/c1-5-13(2)16-6-8-17(9-7-16)19-18(21)12-20-10-14(3)22-15(4)11-20/h6-9,13-15H,5,10-12H2,1-4H3,(H,19,21)/t13-,14-,15-/m1/s1. The molecule has 1 aliphatic rings. The number of hydrogen-bond donors (Lipinski definition) is 1. The topological polar surface area (TPSA) is 41.6 Å². The number of hydrogen-bond acceptors (Lipinski definition) is 3. The molecule has 1 saturated heterocycles. The Bertz CT molecular complexity index is 476. The average molecular weight is 304 g/mol. The van der Waals surface area contributed by atoms with Gasteiger partial charge in [0, 0.05) is 18.8 Å². The van der Waals surface area contributed by atoms with Gasteiger partial charge in [0.15, 0.2) is 0 Å². The second kappa shape index (κ2) is 7.75. The minimum Gasteiger partial charge on any atom is -0.373 e. The summed E-state index contributed by atoms with van der Waals surface area (Å²) in [6, 6.07) is 8.18. The van der Waals surface area contributed by atoms with Crippen LogP contribution in [0.25, 0.3) is 0 Å². The number of nitrogens with zero attached hydrogens (tertiary/aromatic N) is 1. The molecule has 22 heavy (non-hydrogen) atoms. The van der Waals surface area contributed by atoms with Crippen molar-refractivity contribution in [3.63, 3.8) is 0 Å². The van der Waals surface area contributed by atoms with E-state index in [1.807, 2.05) is 26.0 Å². The highest BCUT2D eigenvalue weighted by Crippen LogP contribution is 2.20. The molecule has 122 valence electrons. The second-order valence-electron chi connectivity index (χ2n) is 6.43. The minimum atomic E-state index is 0.0394. The summed E-state index contributed by atoms with van der Waals surface area (Å²) in [6.45, 7) is 10.5. The monoisotopic (exact) mass is 304 g/mol. The maximum Gasteiger partial charge on any atom is 0.238 e. The number of rotatable bonds is 5. The Labute approximate surface area is 133 Å². The predicted octanol–water partition coefficient (Wildman–Crippen LogP) is 3.25. The van der Waals surface area contributed by atoms with Gasteiger partial charge >= 0.3 is 0 Å². The summed E-state index contributed by atoms with van der Waals surface area (Å²) >= 11 is 0. The van der Waals surface area contributed by atoms with Crippen LogP contribution in [0.3, 0.4) is 0 Å². The summed E-state index contributed by atoms with van der Waals surface area (Å²) < 4.78 is 5.69. The van der Waals surface area contributed by atoms with E-state index in [-0.39, 0.29) is 18.1 Å². The number of anilines is 1. The summed E-state index contributed by atoms with van der Waals surface area (Å²) in [5.74, 6) is 0.596.